The quantitative estimate of drug-likeness (QED) is 0.232. The molecule has 3 nitrogen and oxygen atoms in total. The van der Waals surface area contributed by atoms with Crippen LogP contribution in [0.25, 0.3) is 11.0 Å². The lowest BCUT2D eigenvalue weighted by Crippen LogP contribution is -2.07. The van der Waals surface area contributed by atoms with E-state index in [0.29, 0.717) is 6.61 Å². The van der Waals surface area contributed by atoms with Crippen molar-refractivity contribution in [2.45, 2.75) is 30.5 Å². The van der Waals surface area contributed by atoms with Crippen LogP contribution in [0, 0.1) is 6.92 Å². The molecule has 4 aromatic rings. The molecule has 0 fully saturated rings. The predicted octanol–water partition coefficient (Wildman–Crippen LogP) is 6.76. The maximum absolute atomic E-state index is 5.99. The van der Waals surface area contributed by atoms with Crippen LogP contribution >= 0.6 is 23.4 Å². The van der Waals surface area contributed by atoms with Crippen LogP contribution in [0.5, 0.6) is 5.75 Å². The van der Waals surface area contributed by atoms with Gasteiger partial charge in [-0.3, -0.25) is 0 Å². The van der Waals surface area contributed by atoms with E-state index >= 15 is 0 Å². The summed E-state index contributed by atoms with van der Waals surface area (Å²) in [5.41, 5.74) is 3.43. The Hall–Kier alpha value is -2.43. The minimum Gasteiger partial charge on any atom is -0.494 e. The number of halogens is 1. The van der Waals surface area contributed by atoms with Crippen LogP contribution in [0.1, 0.15) is 17.8 Å². The van der Waals surface area contributed by atoms with Gasteiger partial charge in [-0.2, -0.15) is 0 Å². The second kappa shape index (κ2) is 9.38. The summed E-state index contributed by atoms with van der Waals surface area (Å²) in [4.78, 5) is 6.06. The molecule has 1 heterocycles. The summed E-state index contributed by atoms with van der Waals surface area (Å²) in [6.07, 6.45) is 0.924. The van der Waals surface area contributed by atoms with E-state index in [1.165, 1.54) is 16.0 Å². The first-order chi connectivity index (χ1) is 14.2. The van der Waals surface area contributed by atoms with E-state index in [0.717, 1.165) is 40.8 Å². The Bertz CT molecular complexity index is 1090. The van der Waals surface area contributed by atoms with E-state index in [1.807, 2.05) is 30.3 Å². The number of nitrogens with zero attached hydrogens (tertiary/aromatic N) is 2. The lowest BCUT2D eigenvalue weighted by Gasteiger charge is -2.11. The fraction of sp³-hybridized carbons (Fsp3) is 0.208. The summed E-state index contributed by atoms with van der Waals surface area (Å²) >= 11 is 7.77. The van der Waals surface area contributed by atoms with Gasteiger partial charge in [-0.1, -0.05) is 35.9 Å². The molecule has 0 spiro atoms. The molecular formula is C24H23ClN2OS. The van der Waals surface area contributed by atoms with Gasteiger partial charge in [0.25, 0.3) is 0 Å². The van der Waals surface area contributed by atoms with E-state index in [4.69, 9.17) is 21.3 Å². The standard InChI is InChI=1S/C24H23ClN2OS/c1-18-6-4-7-20(16-18)28-15-5-14-27-23-9-3-2-8-22(23)26-24(27)17-29-21-12-10-19(25)11-13-21/h2-4,6-13,16H,5,14-15,17H2,1H3. The zero-order chi connectivity index (χ0) is 20.1. The molecule has 0 radical (unpaired) electrons. The number of aromatic nitrogens is 2. The number of thioether (sulfide) groups is 1. The highest BCUT2D eigenvalue weighted by Gasteiger charge is 2.11. The Labute approximate surface area is 180 Å². The molecule has 0 saturated carbocycles. The van der Waals surface area contributed by atoms with Crippen molar-refractivity contribution in [3.05, 3.63) is 89.2 Å². The lowest BCUT2D eigenvalue weighted by atomic mass is 10.2. The molecule has 5 heteroatoms. The summed E-state index contributed by atoms with van der Waals surface area (Å²) in [5.74, 6) is 2.83. The molecule has 0 amide bonds. The average molecular weight is 423 g/mol. The Morgan fingerprint density at radius 3 is 2.66 bits per heavy atom. The van der Waals surface area contributed by atoms with Crippen molar-refractivity contribution in [1.82, 2.24) is 9.55 Å². The largest absolute Gasteiger partial charge is 0.494 e. The van der Waals surface area contributed by atoms with E-state index in [1.54, 1.807) is 11.8 Å². The molecule has 4 rings (SSSR count). The van der Waals surface area contributed by atoms with Crippen LogP contribution in [-0.4, -0.2) is 16.2 Å². The average Bonchev–Trinajstić information content (AvgIpc) is 3.08. The molecule has 0 aliphatic carbocycles. The van der Waals surface area contributed by atoms with Crippen LogP contribution in [0.15, 0.2) is 77.7 Å². The van der Waals surface area contributed by atoms with Crippen LogP contribution in [0.4, 0.5) is 0 Å². The number of rotatable bonds is 8. The summed E-state index contributed by atoms with van der Waals surface area (Å²) in [5, 5.41) is 0.759. The molecule has 0 N–H and O–H groups in total. The van der Waals surface area contributed by atoms with E-state index in [2.05, 4.69) is 54.0 Å². The first kappa shape index (κ1) is 19.9. The Morgan fingerprint density at radius 1 is 1.00 bits per heavy atom. The second-order valence-corrected chi connectivity index (χ2v) is 8.41. The van der Waals surface area contributed by atoms with Crippen molar-refractivity contribution in [2.24, 2.45) is 0 Å². The third-order valence-corrected chi connectivity index (χ3v) is 5.96. The van der Waals surface area contributed by atoms with Crippen LogP contribution in [0.2, 0.25) is 5.02 Å². The van der Waals surface area contributed by atoms with Crippen molar-refractivity contribution in [2.75, 3.05) is 6.61 Å². The topological polar surface area (TPSA) is 27.1 Å². The van der Waals surface area contributed by atoms with Crippen LogP contribution in [0.3, 0.4) is 0 Å². The Morgan fingerprint density at radius 2 is 1.83 bits per heavy atom. The van der Waals surface area contributed by atoms with Crippen LogP contribution in [-0.2, 0) is 12.3 Å². The van der Waals surface area contributed by atoms with Gasteiger partial charge in [0.05, 0.1) is 23.4 Å². The normalized spacial score (nSPS) is 11.1. The molecule has 0 bridgehead atoms. The minimum absolute atomic E-state index is 0.680. The molecule has 0 unspecified atom stereocenters. The van der Waals surface area contributed by atoms with E-state index < -0.39 is 0 Å². The number of imidazole rings is 1. The predicted molar refractivity (Wildman–Crippen MR) is 122 cm³/mol. The first-order valence-corrected chi connectivity index (χ1v) is 11.1. The third-order valence-electron chi connectivity index (χ3n) is 4.70. The second-order valence-electron chi connectivity index (χ2n) is 6.93. The van der Waals surface area contributed by atoms with Crippen molar-refractivity contribution in [1.29, 1.82) is 0 Å². The number of fused-ring (bicyclic) bond motifs is 1. The van der Waals surface area contributed by atoms with E-state index in [9.17, 15) is 0 Å². The van der Waals surface area contributed by atoms with Gasteiger partial charge in [0.15, 0.2) is 0 Å². The Kier molecular flexibility index (Phi) is 6.43. The summed E-state index contributed by atoms with van der Waals surface area (Å²) in [7, 11) is 0. The molecule has 148 valence electrons. The van der Waals surface area contributed by atoms with Gasteiger partial charge < -0.3 is 9.30 Å². The van der Waals surface area contributed by atoms with Gasteiger partial charge in [0.1, 0.15) is 11.6 Å². The summed E-state index contributed by atoms with van der Waals surface area (Å²) < 4.78 is 8.24. The lowest BCUT2D eigenvalue weighted by molar-refractivity contribution is 0.302. The van der Waals surface area contributed by atoms with Crippen molar-refractivity contribution >= 4 is 34.4 Å². The number of aryl methyl sites for hydroxylation is 2. The zero-order valence-corrected chi connectivity index (χ0v) is 17.9. The molecule has 0 aliphatic rings. The molecule has 1 aromatic heterocycles. The molecular weight excluding hydrogens is 400 g/mol. The maximum atomic E-state index is 5.99. The molecule has 0 atom stereocenters. The first-order valence-electron chi connectivity index (χ1n) is 9.71. The highest BCUT2D eigenvalue weighted by atomic mass is 35.5. The summed E-state index contributed by atoms with van der Waals surface area (Å²) in [6.45, 7) is 3.64. The van der Waals surface area contributed by atoms with Crippen molar-refractivity contribution in [3.8, 4) is 5.75 Å². The van der Waals surface area contributed by atoms with E-state index in [-0.39, 0.29) is 0 Å². The van der Waals surface area contributed by atoms with Crippen molar-refractivity contribution in [3.63, 3.8) is 0 Å². The molecule has 0 saturated heterocycles. The number of ether oxygens (including phenoxy) is 1. The fourth-order valence-electron chi connectivity index (χ4n) is 3.28. The van der Waals surface area contributed by atoms with Gasteiger partial charge >= 0.3 is 0 Å². The smallest absolute Gasteiger partial charge is 0.120 e. The highest BCUT2D eigenvalue weighted by molar-refractivity contribution is 7.98. The molecule has 29 heavy (non-hydrogen) atoms. The number of para-hydroxylation sites is 2. The zero-order valence-electron chi connectivity index (χ0n) is 16.3. The van der Waals surface area contributed by atoms with Gasteiger partial charge in [0.2, 0.25) is 0 Å². The third kappa shape index (κ3) is 5.14. The van der Waals surface area contributed by atoms with Crippen molar-refractivity contribution < 1.29 is 4.74 Å². The fourth-order valence-corrected chi connectivity index (χ4v) is 4.25. The monoisotopic (exact) mass is 422 g/mol. The maximum Gasteiger partial charge on any atom is 0.120 e. The van der Waals surface area contributed by atoms with Gasteiger partial charge in [-0.15, -0.1) is 11.8 Å². The number of hydrogen-bond acceptors (Lipinski definition) is 3. The van der Waals surface area contributed by atoms with Crippen LogP contribution < -0.4 is 4.74 Å². The Balaban J connectivity index is 1.43. The SMILES string of the molecule is Cc1cccc(OCCCn2c(CSc3ccc(Cl)cc3)nc3ccccc32)c1. The minimum atomic E-state index is 0.680. The number of benzene rings is 3. The molecule has 3 aromatic carbocycles. The summed E-state index contributed by atoms with van der Waals surface area (Å²) in [6, 6.07) is 24.5. The van der Waals surface area contributed by atoms with Gasteiger partial charge in [-0.05, 0) is 67.4 Å². The molecule has 0 aliphatic heterocycles. The van der Waals surface area contributed by atoms with Gasteiger partial charge in [0, 0.05) is 16.5 Å². The van der Waals surface area contributed by atoms with Gasteiger partial charge in [-0.25, -0.2) is 4.98 Å². The number of hydrogen-bond donors (Lipinski definition) is 0. The highest BCUT2D eigenvalue weighted by Crippen LogP contribution is 2.26.